The molecule has 5 nitrogen and oxygen atoms in total. The average Bonchev–Trinajstić information content (AvgIpc) is 3.00. The lowest BCUT2D eigenvalue weighted by molar-refractivity contribution is -0.120. The number of nitrogens with zero attached hydrogens (tertiary/aromatic N) is 1. The summed E-state index contributed by atoms with van der Waals surface area (Å²) in [7, 11) is 0. The van der Waals surface area contributed by atoms with Gasteiger partial charge in [-0.1, -0.05) is 60.2 Å². The number of anilines is 2. The molecular weight excluding hydrogens is 388 g/mol. The maximum atomic E-state index is 13.6. The van der Waals surface area contributed by atoms with Crippen LogP contribution >= 0.6 is 0 Å². The van der Waals surface area contributed by atoms with Crippen molar-refractivity contribution in [3.63, 3.8) is 0 Å². The Labute approximate surface area is 182 Å². The van der Waals surface area contributed by atoms with Crippen molar-refractivity contribution < 1.29 is 14.3 Å². The van der Waals surface area contributed by atoms with Gasteiger partial charge < -0.3 is 10.1 Å². The molecule has 0 bridgehead atoms. The first-order chi connectivity index (χ1) is 15.0. The Balaban J connectivity index is 1.81. The largest absolute Gasteiger partial charge is 0.489 e. The molecule has 0 saturated heterocycles. The summed E-state index contributed by atoms with van der Waals surface area (Å²) < 4.78 is 5.88. The highest BCUT2D eigenvalue weighted by molar-refractivity contribution is 6.46. The molecule has 1 aliphatic rings. The molecule has 0 aromatic heterocycles. The molecule has 0 unspecified atom stereocenters. The monoisotopic (exact) mass is 412 g/mol. The number of para-hydroxylation sites is 2. The van der Waals surface area contributed by atoms with Crippen molar-refractivity contribution in [3.8, 4) is 5.75 Å². The number of benzene rings is 3. The van der Waals surface area contributed by atoms with Gasteiger partial charge in [-0.25, -0.2) is 4.90 Å². The number of hydrogen-bond acceptors (Lipinski definition) is 4. The van der Waals surface area contributed by atoms with Gasteiger partial charge in [-0.2, -0.15) is 0 Å². The van der Waals surface area contributed by atoms with E-state index >= 15 is 0 Å². The summed E-state index contributed by atoms with van der Waals surface area (Å²) in [5.74, 6) is -0.307. The predicted octanol–water partition coefficient (Wildman–Crippen LogP) is 5.18. The van der Waals surface area contributed by atoms with Crippen LogP contribution in [0, 0.1) is 6.92 Å². The molecule has 1 aliphatic heterocycles. The molecule has 1 heterocycles. The molecule has 0 radical (unpaired) electrons. The predicted molar refractivity (Wildman–Crippen MR) is 123 cm³/mol. The fourth-order valence-electron chi connectivity index (χ4n) is 3.51. The third-order valence-corrected chi connectivity index (χ3v) is 4.94. The molecule has 31 heavy (non-hydrogen) atoms. The first kappa shape index (κ1) is 20.4. The fourth-order valence-corrected chi connectivity index (χ4v) is 3.51. The summed E-state index contributed by atoms with van der Waals surface area (Å²) in [6, 6.07) is 24.0. The maximum absolute atomic E-state index is 13.6. The fraction of sp³-hybridized carbons (Fsp3) is 0.154. The van der Waals surface area contributed by atoms with Crippen molar-refractivity contribution in [2.75, 3.05) is 10.2 Å². The van der Waals surface area contributed by atoms with Crippen LogP contribution in [0.15, 0.2) is 84.6 Å². The van der Waals surface area contributed by atoms with Gasteiger partial charge in [0.1, 0.15) is 11.4 Å². The van der Waals surface area contributed by atoms with Crippen LogP contribution in [-0.2, 0) is 9.59 Å². The zero-order valence-electron chi connectivity index (χ0n) is 17.8. The molecule has 0 fully saturated rings. The Morgan fingerprint density at radius 1 is 0.806 bits per heavy atom. The van der Waals surface area contributed by atoms with Crippen LogP contribution in [0.5, 0.6) is 5.75 Å². The molecule has 2 amide bonds. The maximum Gasteiger partial charge on any atom is 0.282 e. The number of carbonyl (C=O) groups is 2. The van der Waals surface area contributed by atoms with E-state index in [1.807, 2.05) is 81.4 Å². The summed E-state index contributed by atoms with van der Waals surface area (Å²) in [5, 5.41) is 3.18. The van der Waals surface area contributed by atoms with Gasteiger partial charge in [0.25, 0.3) is 11.8 Å². The highest BCUT2D eigenvalue weighted by Crippen LogP contribution is 2.38. The van der Waals surface area contributed by atoms with E-state index in [0.717, 1.165) is 11.3 Å². The lowest BCUT2D eigenvalue weighted by atomic mass is 10.0. The Kier molecular flexibility index (Phi) is 5.58. The standard InChI is InChI=1S/C26H24N2O3/c1-17(2)31-22-12-8-7-11-21(22)28-25(29)23(19-9-5-4-6-10-19)24(26(28)30)27-20-15-13-18(3)14-16-20/h4-17,27H,1-3H3. The van der Waals surface area contributed by atoms with Crippen LogP contribution in [0.2, 0.25) is 0 Å². The van der Waals surface area contributed by atoms with Gasteiger partial charge in [-0.05, 0) is 50.6 Å². The van der Waals surface area contributed by atoms with Gasteiger partial charge in [0, 0.05) is 5.69 Å². The molecule has 3 aromatic carbocycles. The molecule has 3 aromatic rings. The van der Waals surface area contributed by atoms with Crippen molar-refractivity contribution in [2.24, 2.45) is 0 Å². The molecule has 0 atom stereocenters. The van der Waals surface area contributed by atoms with Crippen LogP contribution in [0.1, 0.15) is 25.0 Å². The number of nitrogens with one attached hydrogen (secondary N) is 1. The molecule has 156 valence electrons. The van der Waals surface area contributed by atoms with E-state index in [1.54, 1.807) is 18.2 Å². The van der Waals surface area contributed by atoms with Crippen molar-refractivity contribution >= 4 is 28.8 Å². The zero-order chi connectivity index (χ0) is 22.0. The lowest BCUT2D eigenvalue weighted by Crippen LogP contribution is -2.33. The Bertz CT molecular complexity index is 1150. The van der Waals surface area contributed by atoms with Crippen LogP contribution < -0.4 is 15.0 Å². The number of aryl methyl sites for hydroxylation is 1. The van der Waals surface area contributed by atoms with Gasteiger partial charge in [0.2, 0.25) is 0 Å². The number of hydrogen-bond donors (Lipinski definition) is 1. The van der Waals surface area contributed by atoms with Gasteiger partial charge in [0.15, 0.2) is 0 Å². The van der Waals surface area contributed by atoms with E-state index in [0.29, 0.717) is 22.6 Å². The van der Waals surface area contributed by atoms with Crippen LogP contribution in [0.4, 0.5) is 11.4 Å². The quantitative estimate of drug-likeness (QED) is 0.567. The second kappa shape index (κ2) is 8.48. The highest BCUT2D eigenvalue weighted by atomic mass is 16.5. The van der Waals surface area contributed by atoms with Crippen molar-refractivity contribution in [1.29, 1.82) is 0 Å². The highest BCUT2D eigenvalue weighted by Gasteiger charge is 2.41. The zero-order valence-corrected chi connectivity index (χ0v) is 17.8. The van der Waals surface area contributed by atoms with E-state index in [9.17, 15) is 9.59 Å². The summed E-state index contributed by atoms with van der Waals surface area (Å²) in [6.45, 7) is 5.81. The van der Waals surface area contributed by atoms with Crippen molar-refractivity contribution in [1.82, 2.24) is 0 Å². The van der Waals surface area contributed by atoms with Crippen LogP contribution in [0.25, 0.3) is 5.57 Å². The number of carbonyl (C=O) groups excluding carboxylic acids is 2. The van der Waals surface area contributed by atoms with E-state index in [2.05, 4.69) is 5.32 Å². The topological polar surface area (TPSA) is 58.6 Å². The molecule has 1 N–H and O–H groups in total. The first-order valence-electron chi connectivity index (χ1n) is 10.2. The Morgan fingerprint density at radius 2 is 1.45 bits per heavy atom. The number of imide groups is 1. The van der Waals surface area contributed by atoms with E-state index in [1.165, 1.54) is 4.90 Å². The molecule has 0 saturated carbocycles. The van der Waals surface area contributed by atoms with Crippen molar-refractivity contribution in [3.05, 3.63) is 95.7 Å². The average molecular weight is 412 g/mol. The summed E-state index contributed by atoms with van der Waals surface area (Å²) in [4.78, 5) is 28.3. The van der Waals surface area contributed by atoms with Gasteiger partial charge in [-0.3, -0.25) is 9.59 Å². The van der Waals surface area contributed by atoms with Crippen LogP contribution in [-0.4, -0.2) is 17.9 Å². The molecule has 0 aliphatic carbocycles. The van der Waals surface area contributed by atoms with Crippen molar-refractivity contribution in [2.45, 2.75) is 26.9 Å². The number of ether oxygens (including phenoxy) is 1. The van der Waals surface area contributed by atoms with Crippen LogP contribution in [0.3, 0.4) is 0 Å². The molecule has 4 rings (SSSR count). The van der Waals surface area contributed by atoms with E-state index in [-0.39, 0.29) is 17.7 Å². The smallest absolute Gasteiger partial charge is 0.282 e. The third-order valence-electron chi connectivity index (χ3n) is 4.94. The molecule has 5 heteroatoms. The SMILES string of the molecule is Cc1ccc(NC2=C(c3ccccc3)C(=O)N(c3ccccc3OC(C)C)C2=O)cc1. The number of amides is 2. The summed E-state index contributed by atoms with van der Waals surface area (Å²) >= 11 is 0. The first-order valence-corrected chi connectivity index (χ1v) is 10.2. The minimum absolute atomic E-state index is 0.0966. The molecular formula is C26H24N2O3. The summed E-state index contributed by atoms with van der Waals surface area (Å²) in [6.07, 6.45) is -0.0966. The second-order valence-electron chi connectivity index (χ2n) is 7.69. The van der Waals surface area contributed by atoms with Gasteiger partial charge in [0.05, 0.1) is 17.4 Å². The summed E-state index contributed by atoms with van der Waals surface area (Å²) in [5.41, 5.74) is 3.55. The molecule has 0 spiro atoms. The Morgan fingerprint density at radius 3 is 2.13 bits per heavy atom. The van der Waals surface area contributed by atoms with E-state index < -0.39 is 5.91 Å². The minimum atomic E-state index is -0.413. The second-order valence-corrected chi connectivity index (χ2v) is 7.69. The Hall–Kier alpha value is -3.86. The van der Waals surface area contributed by atoms with Gasteiger partial charge >= 0.3 is 0 Å². The number of rotatable bonds is 6. The minimum Gasteiger partial charge on any atom is -0.489 e. The third kappa shape index (κ3) is 4.08. The van der Waals surface area contributed by atoms with Gasteiger partial charge in [-0.15, -0.1) is 0 Å². The lowest BCUT2D eigenvalue weighted by Gasteiger charge is -2.20. The normalized spacial score (nSPS) is 13.9. The van der Waals surface area contributed by atoms with E-state index in [4.69, 9.17) is 4.74 Å².